The minimum absolute atomic E-state index is 0.0248. The summed E-state index contributed by atoms with van der Waals surface area (Å²) in [5.74, 6) is 1.16. The lowest BCUT2D eigenvalue weighted by atomic mass is 9.96. The lowest BCUT2D eigenvalue weighted by molar-refractivity contribution is -0.143. The van der Waals surface area contributed by atoms with Crippen LogP contribution in [-0.2, 0) is 12.4 Å². The Kier molecular flexibility index (Phi) is 7.65. The SMILES string of the molecule is COc1ccc(Nc2cc(Nc3cc(C(F)(F)F)cc(C(F)(F)F)c3)nc(NC3CCCCC3)n2)cc1. The van der Waals surface area contributed by atoms with Gasteiger partial charge in [-0.05, 0) is 55.3 Å². The maximum Gasteiger partial charge on any atom is 0.416 e. The van der Waals surface area contributed by atoms with Gasteiger partial charge < -0.3 is 20.7 Å². The molecule has 0 unspecified atom stereocenters. The number of hydrogen-bond donors (Lipinski definition) is 3. The molecule has 0 amide bonds. The molecule has 0 aliphatic heterocycles. The Balaban J connectivity index is 1.68. The lowest BCUT2D eigenvalue weighted by Crippen LogP contribution is -2.23. The number of benzene rings is 2. The first kappa shape index (κ1) is 26.4. The van der Waals surface area contributed by atoms with Crippen molar-refractivity contribution in [3.8, 4) is 5.75 Å². The van der Waals surface area contributed by atoms with E-state index in [-0.39, 0.29) is 23.9 Å². The van der Waals surface area contributed by atoms with Crippen molar-refractivity contribution in [2.75, 3.05) is 23.1 Å². The standard InChI is InChI=1S/C25H25F6N5O/c1-37-20-9-7-18(8-10-20)32-21-14-22(36-23(35-21)34-17-5-3-2-4-6-17)33-19-12-15(24(26,27)28)11-16(13-19)25(29,30)31/h7-14,17H,2-6H2,1H3,(H3,32,33,34,35,36). The third kappa shape index (κ3) is 7.17. The molecule has 1 aliphatic rings. The largest absolute Gasteiger partial charge is 0.497 e. The van der Waals surface area contributed by atoms with Crippen molar-refractivity contribution < 1.29 is 31.1 Å². The number of ether oxygens (including phenoxy) is 1. The molecule has 12 heteroatoms. The molecule has 4 rings (SSSR count). The Labute approximate surface area is 209 Å². The van der Waals surface area contributed by atoms with Crippen molar-refractivity contribution in [2.45, 2.75) is 50.5 Å². The van der Waals surface area contributed by atoms with Gasteiger partial charge >= 0.3 is 12.4 Å². The second-order valence-electron chi connectivity index (χ2n) is 8.71. The highest BCUT2D eigenvalue weighted by atomic mass is 19.4. The molecule has 2 aromatic carbocycles. The molecule has 0 spiro atoms. The van der Waals surface area contributed by atoms with Gasteiger partial charge in [0, 0.05) is 23.5 Å². The van der Waals surface area contributed by atoms with Crippen LogP contribution < -0.4 is 20.7 Å². The molecule has 3 aromatic rings. The first-order valence-electron chi connectivity index (χ1n) is 11.6. The third-order valence-electron chi connectivity index (χ3n) is 5.89. The van der Waals surface area contributed by atoms with Crippen LogP contribution in [0.2, 0.25) is 0 Å². The summed E-state index contributed by atoms with van der Waals surface area (Å²) >= 11 is 0. The van der Waals surface area contributed by atoms with Crippen LogP contribution in [0.1, 0.15) is 43.2 Å². The summed E-state index contributed by atoms with van der Waals surface area (Å²) in [7, 11) is 1.53. The smallest absolute Gasteiger partial charge is 0.416 e. The van der Waals surface area contributed by atoms with Gasteiger partial charge in [-0.1, -0.05) is 19.3 Å². The van der Waals surface area contributed by atoms with Crippen molar-refractivity contribution >= 4 is 29.0 Å². The first-order chi connectivity index (χ1) is 17.5. The molecule has 198 valence electrons. The van der Waals surface area contributed by atoms with Crippen LogP contribution in [0.4, 0.5) is 55.3 Å². The summed E-state index contributed by atoms with van der Waals surface area (Å²) in [6.07, 6.45) is -4.90. The summed E-state index contributed by atoms with van der Waals surface area (Å²) in [6, 6.07) is 9.76. The van der Waals surface area contributed by atoms with Crippen molar-refractivity contribution in [1.29, 1.82) is 0 Å². The number of nitrogens with zero attached hydrogens (tertiary/aromatic N) is 2. The van der Waals surface area contributed by atoms with E-state index < -0.39 is 29.2 Å². The fourth-order valence-corrected chi connectivity index (χ4v) is 4.07. The van der Waals surface area contributed by atoms with E-state index in [0.717, 1.165) is 32.1 Å². The normalized spacial score (nSPS) is 14.8. The van der Waals surface area contributed by atoms with Crippen LogP contribution in [0.5, 0.6) is 5.75 Å². The van der Waals surface area contributed by atoms with Gasteiger partial charge in [-0.15, -0.1) is 0 Å². The number of hydrogen-bond acceptors (Lipinski definition) is 6. The van der Waals surface area contributed by atoms with Gasteiger partial charge in [-0.25, -0.2) is 0 Å². The number of halogens is 6. The fraction of sp³-hybridized carbons (Fsp3) is 0.360. The van der Waals surface area contributed by atoms with Crippen LogP contribution in [0.15, 0.2) is 48.5 Å². The number of rotatable bonds is 7. The zero-order valence-electron chi connectivity index (χ0n) is 19.8. The van der Waals surface area contributed by atoms with Gasteiger partial charge in [0.2, 0.25) is 5.95 Å². The Bertz CT molecular complexity index is 1180. The second-order valence-corrected chi connectivity index (χ2v) is 8.71. The first-order valence-corrected chi connectivity index (χ1v) is 11.6. The van der Waals surface area contributed by atoms with Crippen molar-refractivity contribution in [1.82, 2.24) is 9.97 Å². The molecule has 1 aromatic heterocycles. The average Bonchev–Trinajstić information content (AvgIpc) is 2.84. The molecule has 6 nitrogen and oxygen atoms in total. The summed E-state index contributed by atoms with van der Waals surface area (Å²) in [4.78, 5) is 8.78. The van der Waals surface area contributed by atoms with E-state index in [4.69, 9.17) is 4.74 Å². The molecule has 1 aliphatic carbocycles. The topological polar surface area (TPSA) is 71.1 Å². The predicted molar refractivity (Wildman–Crippen MR) is 129 cm³/mol. The average molecular weight is 525 g/mol. The van der Waals surface area contributed by atoms with Gasteiger partial charge in [0.25, 0.3) is 0 Å². The molecule has 0 radical (unpaired) electrons. The summed E-state index contributed by atoms with van der Waals surface area (Å²) in [5.41, 5.74) is -2.60. The molecule has 3 N–H and O–H groups in total. The Hall–Kier alpha value is -3.70. The highest BCUT2D eigenvalue weighted by Crippen LogP contribution is 2.38. The number of anilines is 5. The van der Waals surface area contributed by atoms with Crippen molar-refractivity contribution in [2.24, 2.45) is 0 Å². The minimum atomic E-state index is -4.96. The van der Waals surface area contributed by atoms with E-state index >= 15 is 0 Å². The molecule has 0 saturated heterocycles. The summed E-state index contributed by atoms with van der Waals surface area (Å²) < 4.78 is 85.0. The zero-order valence-corrected chi connectivity index (χ0v) is 19.8. The van der Waals surface area contributed by atoms with Crippen LogP contribution in [-0.4, -0.2) is 23.1 Å². The van der Waals surface area contributed by atoms with Gasteiger partial charge in [-0.2, -0.15) is 36.3 Å². The number of nitrogens with one attached hydrogen (secondary N) is 3. The van der Waals surface area contributed by atoms with Crippen LogP contribution in [0.25, 0.3) is 0 Å². The van der Waals surface area contributed by atoms with Crippen LogP contribution >= 0.6 is 0 Å². The van der Waals surface area contributed by atoms with E-state index in [0.29, 0.717) is 29.4 Å². The Morgan fingerprint density at radius 3 is 1.78 bits per heavy atom. The Morgan fingerprint density at radius 2 is 1.27 bits per heavy atom. The molecular formula is C25H25F6N5O. The maximum absolute atomic E-state index is 13.3. The van der Waals surface area contributed by atoms with Crippen LogP contribution in [0, 0.1) is 0 Å². The van der Waals surface area contributed by atoms with Crippen molar-refractivity contribution in [3.05, 3.63) is 59.7 Å². The molecule has 0 atom stereocenters. The van der Waals surface area contributed by atoms with E-state index in [1.807, 2.05) is 0 Å². The number of methoxy groups -OCH3 is 1. The van der Waals surface area contributed by atoms with Gasteiger partial charge in [0.1, 0.15) is 17.4 Å². The maximum atomic E-state index is 13.3. The highest BCUT2D eigenvalue weighted by molar-refractivity contribution is 5.66. The molecule has 1 saturated carbocycles. The van der Waals surface area contributed by atoms with Gasteiger partial charge in [0.05, 0.1) is 18.2 Å². The molecular weight excluding hydrogens is 500 g/mol. The van der Waals surface area contributed by atoms with E-state index in [2.05, 4.69) is 25.9 Å². The Morgan fingerprint density at radius 1 is 0.730 bits per heavy atom. The number of aromatic nitrogens is 2. The fourth-order valence-electron chi connectivity index (χ4n) is 4.07. The second kappa shape index (κ2) is 10.7. The van der Waals surface area contributed by atoms with E-state index in [9.17, 15) is 26.3 Å². The third-order valence-corrected chi connectivity index (χ3v) is 5.89. The van der Waals surface area contributed by atoms with Crippen LogP contribution in [0.3, 0.4) is 0 Å². The molecule has 37 heavy (non-hydrogen) atoms. The molecule has 1 fully saturated rings. The predicted octanol–water partition coefficient (Wildman–Crippen LogP) is 7.75. The summed E-state index contributed by atoms with van der Waals surface area (Å²) in [5, 5.41) is 8.92. The van der Waals surface area contributed by atoms with Crippen molar-refractivity contribution in [3.63, 3.8) is 0 Å². The monoisotopic (exact) mass is 525 g/mol. The zero-order chi connectivity index (χ0) is 26.6. The molecule has 0 bridgehead atoms. The quantitative estimate of drug-likeness (QED) is 0.274. The molecule has 1 heterocycles. The number of alkyl halides is 6. The van der Waals surface area contributed by atoms with Gasteiger partial charge in [0.15, 0.2) is 0 Å². The van der Waals surface area contributed by atoms with Gasteiger partial charge in [-0.3, -0.25) is 0 Å². The summed E-state index contributed by atoms with van der Waals surface area (Å²) in [6.45, 7) is 0. The highest BCUT2D eigenvalue weighted by Gasteiger charge is 2.37. The lowest BCUT2D eigenvalue weighted by Gasteiger charge is -2.23. The van der Waals surface area contributed by atoms with E-state index in [1.165, 1.54) is 13.2 Å². The van der Waals surface area contributed by atoms with E-state index in [1.54, 1.807) is 24.3 Å². The minimum Gasteiger partial charge on any atom is -0.497 e.